The Morgan fingerprint density at radius 1 is 0.667 bits per heavy atom. The second-order valence-electron chi connectivity index (χ2n) is 6.02. The molecule has 0 atom stereocenters. The van der Waals surface area contributed by atoms with Gasteiger partial charge >= 0.3 is 31.9 Å². The summed E-state index contributed by atoms with van der Waals surface area (Å²) in [5.41, 5.74) is -1.21. The second kappa shape index (κ2) is 7.56. The quantitative estimate of drug-likeness (QED) is 0.397. The monoisotopic (exact) mass is 501 g/mol. The van der Waals surface area contributed by atoms with Gasteiger partial charge in [-0.05, 0) is 18.2 Å². The van der Waals surface area contributed by atoms with Gasteiger partial charge in [0.05, 0.1) is 24.9 Å². The predicted octanol–water partition coefficient (Wildman–Crippen LogP) is -0.0462. The fourth-order valence-corrected chi connectivity index (χ4v) is 5.56. The van der Waals surface area contributed by atoms with Crippen molar-refractivity contribution in [2.75, 3.05) is 0 Å². The van der Waals surface area contributed by atoms with Crippen molar-refractivity contribution in [1.82, 2.24) is 8.83 Å². The molecule has 19 heteroatoms. The van der Waals surface area contributed by atoms with Gasteiger partial charge in [0.15, 0.2) is 10.1 Å². The summed E-state index contributed by atoms with van der Waals surface area (Å²) in [6.07, 6.45) is 0. The molecular formula is C14H7N5O12S2. The molecule has 4 rings (SSSR count). The maximum Gasteiger partial charge on any atom is 0.334 e. The first-order valence-corrected chi connectivity index (χ1v) is 11.0. The molecule has 2 amide bonds. The molecule has 2 aromatic carbocycles. The van der Waals surface area contributed by atoms with E-state index in [1.807, 2.05) is 0 Å². The number of benzene rings is 2. The van der Waals surface area contributed by atoms with Gasteiger partial charge in [-0.2, -0.15) is 16.8 Å². The molecule has 33 heavy (non-hydrogen) atoms. The highest BCUT2D eigenvalue weighted by molar-refractivity contribution is 7.90. The number of carbonyl (C=O) groups excluding carboxylic acids is 2. The molecule has 0 radical (unpaired) electrons. The number of nitro benzene ring substituents is 1. The highest BCUT2D eigenvalue weighted by Gasteiger charge is 2.51. The molecule has 0 aromatic heterocycles. The Labute approximate surface area is 181 Å². The molecule has 2 aliphatic heterocycles. The second-order valence-corrected chi connectivity index (χ2v) is 9.49. The van der Waals surface area contributed by atoms with E-state index in [2.05, 4.69) is 0 Å². The molecule has 2 heterocycles. The largest absolute Gasteiger partial charge is 0.334 e. The summed E-state index contributed by atoms with van der Waals surface area (Å²) >= 11 is 0. The van der Waals surface area contributed by atoms with Gasteiger partial charge in [-0.25, -0.2) is 20.2 Å². The molecular weight excluding hydrogens is 494 g/mol. The van der Waals surface area contributed by atoms with Crippen molar-refractivity contribution in [2.24, 2.45) is 0 Å². The van der Waals surface area contributed by atoms with Crippen LogP contribution >= 0.6 is 0 Å². The van der Waals surface area contributed by atoms with Crippen LogP contribution in [0.25, 0.3) is 0 Å². The lowest BCUT2D eigenvalue weighted by atomic mass is 10.2. The third kappa shape index (κ3) is 3.49. The average molecular weight is 501 g/mol. The first-order chi connectivity index (χ1) is 15.2. The van der Waals surface area contributed by atoms with E-state index in [-0.39, 0.29) is 14.9 Å². The van der Waals surface area contributed by atoms with Gasteiger partial charge in [0, 0.05) is 12.1 Å². The number of rotatable bonds is 3. The van der Waals surface area contributed by atoms with Crippen LogP contribution in [0, 0.1) is 30.3 Å². The molecule has 0 aliphatic carbocycles. The Balaban J connectivity index is 0.000000189. The smallest absolute Gasteiger partial charge is 0.261 e. The SMILES string of the molecule is O=C1c2ccc([N+](=O)[O-])cc2S(=O)(=O)N1[N+](=O)[O-].O=C1c2ccccc2S(=O)(=O)N1[N+](=O)[O-]. The number of nitro groups is 3. The van der Waals surface area contributed by atoms with E-state index in [1.165, 1.54) is 18.2 Å². The fourth-order valence-electron chi connectivity index (χ4n) is 2.82. The first kappa shape index (κ1) is 23.1. The van der Waals surface area contributed by atoms with Crippen molar-refractivity contribution in [3.63, 3.8) is 0 Å². The van der Waals surface area contributed by atoms with Crippen LogP contribution in [0.15, 0.2) is 52.3 Å². The zero-order valence-corrected chi connectivity index (χ0v) is 17.1. The standard InChI is InChI=1S/C7H3N3O7S.C7H4N2O5S/c11-7-5-2-1-4(9(12)13)3-6(5)18(16,17)8(7)10(14)15;10-7-5-3-1-2-4-6(5)15(13,14)8(7)9(11)12/h1-3H;1-4H. The molecule has 2 aliphatic rings. The number of hydrazine groups is 2. The zero-order chi connectivity index (χ0) is 24.9. The summed E-state index contributed by atoms with van der Waals surface area (Å²) < 4.78 is 45.4. The number of carbonyl (C=O) groups is 2. The summed E-state index contributed by atoms with van der Waals surface area (Å²) in [6, 6.07) is 7.62. The third-order valence-electron chi connectivity index (χ3n) is 4.18. The lowest BCUT2D eigenvalue weighted by Crippen LogP contribution is -2.35. The van der Waals surface area contributed by atoms with Gasteiger partial charge in [0.25, 0.3) is 5.69 Å². The van der Waals surface area contributed by atoms with Crippen molar-refractivity contribution < 1.29 is 41.4 Å². The van der Waals surface area contributed by atoms with E-state index in [4.69, 9.17) is 0 Å². The number of sulfonamides is 2. The molecule has 17 nitrogen and oxygen atoms in total. The van der Waals surface area contributed by atoms with Crippen LogP contribution in [0.1, 0.15) is 20.7 Å². The Kier molecular flexibility index (Phi) is 5.30. The Bertz CT molecular complexity index is 1480. The molecule has 172 valence electrons. The van der Waals surface area contributed by atoms with E-state index in [1.54, 1.807) is 0 Å². The lowest BCUT2D eigenvalue weighted by molar-refractivity contribution is -0.597. The number of nitrogens with zero attached hydrogens (tertiary/aromatic N) is 5. The summed E-state index contributed by atoms with van der Waals surface area (Å²) in [7, 11) is -8.98. The van der Waals surface area contributed by atoms with Gasteiger partial charge in [0.2, 0.25) is 0 Å². The van der Waals surface area contributed by atoms with Crippen LogP contribution in [0.2, 0.25) is 0 Å². The highest BCUT2D eigenvalue weighted by atomic mass is 32.2. The summed E-state index contributed by atoms with van der Waals surface area (Å²) in [5, 5.41) is 28.8. The Morgan fingerprint density at radius 3 is 1.58 bits per heavy atom. The van der Waals surface area contributed by atoms with Gasteiger partial charge in [-0.15, -0.1) is 0 Å². The van der Waals surface area contributed by atoms with Crippen molar-refractivity contribution in [3.05, 3.63) is 83.9 Å². The molecule has 0 spiro atoms. The number of hydrogen-bond donors (Lipinski definition) is 0. The van der Waals surface area contributed by atoms with E-state index >= 15 is 0 Å². The minimum atomic E-state index is -4.67. The van der Waals surface area contributed by atoms with E-state index in [0.29, 0.717) is 6.07 Å². The van der Waals surface area contributed by atoms with Crippen LogP contribution in [0.5, 0.6) is 0 Å². The maximum absolute atomic E-state index is 11.7. The molecule has 0 unspecified atom stereocenters. The molecule has 0 saturated carbocycles. The Morgan fingerprint density at radius 2 is 1.12 bits per heavy atom. The molecule has 2 aromatic rings. The van der Waals surface area contributed by atoms with E-state index < -0.39 is 67.4 Å². The van der Waals surface area contributed by atoms with Crippen LogP contribution in [-0.2, 0) is 20.0 Å². The lowest BCUT2D eigenvalue weighted by Gasteiger charge is -2.01. The number of fused-ring (bicyclic) bond motifs is 2. The number of amides is 2. The topological polar surface area (TPSA) is 238 Å². The normalized spacial score (nSPS) is 17.0. The van der Waals surface area contributed by atoms with Crippen LogP contribution in [0.4, 0.5) is 5.69 Å². The van der Waals surface area contributed by atoms with Crippen LogP contribution in [0.3, 0.4) is 0 Å². The Hall–Kier alpha value is -4.52. The molecule has 0 N–H and O–H groups in total. The number of hydrogen-bond acceptors (Lipinski definition) is 12. The van der Waals surface area contributed by atoms with Gasteiger partial charge in [0.1, 0.15) is 9.79 Å². The fraction of sp³-hybridized carbons (Fsp3) is 0. The summed E-state index contributed by atoms with van der Waals surface area (Å²) in [6.45, 7) is 0. The van der Waals surface area contributed by atoms with Gasteiger partial charge in [-0.3, -0.25) is 19.7 Å². The van der Waals surface area contributed by atoms with E-state index in [9.17, 15) is 56.8 Å². The van der Waals surface area contributed by atoms with Crippen molar-refractivity contribution in [2.45, 2.75) is 9.79 Å². The van der Waals surface area contributed by atoms with Crippen molar-refractivity contribution in [3.8, 4) is 0 Å². The maximum atomic E-state index is 11.7. The number of non-ortho nitro benzene ring substituents is 1. The summed E-state index contributed by atoms with van der Waals surface area (Å²) in [5.74, 6) is -2.47. The van der Waals surface area contributed by atoms with E-state index in [0.717, 1.165) is 18.2 Å². The summed E-state index contributed by atoms with van der Waals surface area (Å²) in [4.78, 5) is 52.3. The third-order valence-corrected chi connectivity index (χ3v) is 7.49. The van der Waals surface area contributed by atoms with Gasteiger partial charge < -0.3 is 0 Å². The molecule has 0 saturated heterocycles. The molecule has 0 bridgehead atoms. The average Bonchev–Trinajstić information content (AvgIpc) is 3.05. The van der Waals surface area contributed by atoms with Crippen LogP contribution < -0.4 is 0 Å². The predicted molar refractivity (Wildman–Crippen MR) is 100 cm³/mol. The van der Waals surface area contributed by atoms with Crippen molar-refractivity contribution >= 4 is 37.5 Å². The van der Waals surface area contributed by atoms with Crippen LogP contribution in [-0.4, -0.2) is 52.5 Å². The zero-order valence-electron chi connectivity index (χ0n) is 15.5. The minimum Gasteiger partial charge on any atom is -0.261 e. The highest BCUT2D eigenvalue weighted by Crippen LogP contribution is 2.33. The molecule has 0 fully saturated rings. The minimum absolute atomic E-state index is 0.172. The first-order valence-electron chi connectivity index (χ1n) is 8.08. The van der Waals surface area contributed by atoms with Gasteiger partial charge in [-0.1, -0.05) is 12.1 Å². The van der Waals surface area contributed by atoms with Crippen molar-refractivity contribution in [1.29, 1.82) is 0 Å².